The average molecular weight is 275 g/mol. The van der Waals surface area contributed by atoms with E-state index in [1.54, 1.807) is 12.1 Å². The molecule has 0 saturated carbocycles. The summed E-state index contributed by atoms with van der Waals surface area (Å²) in [7, 11) is 0. The summed E-state index contributed by atoms with van der Waals surface area (Å²) in [6.07, 6.45) is 3.43. The van der Waals surface area contributed by atoms with Gasteiger partial charge in [-0.25, -0.2) is 0 Å². The van der Waals surface area contributed by atoms with Crippen LogP contribution in [0, 0.1) is 0 Å². The van der Waals surface area contributed by atoms with Crippen molar-refractivity contribution in [2.75, 3.05) is 13.2 Å². The molecular formula is C13H16Cl2O2. The van der Waals surface area contributed by atoms with E-state index in [1.807, 2.05) is 32.1 Å². The summed E-state index contributed by atoms with van der Waals surface area (Å²) in [5.74, 6) is 0. The summed E-state index contributed by atoms with van der Waals surface area (Å²) in [5, 5.41) is 1.09. The van der Waals surface area contributed by atoms with Crippen molar-refractivity contribution >= 4 is 29.3 Å². The lowest BCUT2D eigenvalue weighted by Gasteiger charge is -2.12. The molecule has 0 radical (unpaired) electrons. The Labute approximate surface area is 112 Å². The summed E-state index contributed by atoms with van der Waals surface area (Å²) < 4.78 is 10.8. The maximum absolute atomic E-state index is 5.92. The van der Waals surface area contributed by atoms with Gasteiger partial charge in [-0.3, -0.25) is 0 Å². The van der Waals surface area contributed by atoms with Crippen molar-refractivity contribution in [2.24, 2.45) is 0 Å². The van der Waals surface area contributed by atoms with E-state index in [0.29, 0.717) is 23.3 Å². The quantitative estimate of drug-likeness (QED) is 0.716. The van der Waals surface area contributed by atoms with Gasteiger partial charge in [-0.1, -0.05) is 35.3 Å². The Morgan fingerprint density at radius 1 is 1.12 bits per heavy atom. The van der Waals surface area contributed by atoms with Gasteiger partial charge in [0.1, 0.15) is 0 Å². The molecule has 0 heterocycles. The van der Waals surface area contributed by atoms with Gasteiger partial charge in [0.05, 0.1) is 10.0 Å². The molecular weight excluding hydrogens is 259 g/mol. The summed E-state index contributed by atoms with van der Waals surface area (Å²) in [5.41, 5.74) is 0.962. The molecule has 0 aliphatic carbocycles. The molecule has 0 N–H and O–H groups in total. The predicted molar refractivity (Wildman–Crippen MR) is 72.5 cm³/mol. The molecule has 17 heavy (non-hydrogen) atoms. The van der Waals surface area contributed by atoms with Gasteiger partial charge in [0.25, 0.3) is 0 Å². The molecule has 0 unspecified atom stereocenters. The van der Waals surface area contributed by atoms with Gasteiger partial charge in [0.15, 0.2) is 6.29 Å². The maximum Gasteiger partial charge on any atom is 0.177 e. The van der Waals surface area contributed by atoms with Crippen LogP contribution in [0.5, 0.6) is 0 Å². The number of hydrogen-bond acceptors (Lipinski definition) is 2. The fourth-order valence-electron chi connectivity index (χ4n) is 1.29. The third kappa shape index (κ3) is 5.09. The van der Waals surface area contributed by atoms with E-state index >= 15 is 0 Å². The zero-order valence-electron chi connectivity index (χ0n) is 9.95. The standard InChI is InChI=1S/C13H16Cl2O2/c1-3-16-13(17-4-2)8-6-10-5-7-11(14)12(15)9-10/h5-9,13H,3-4H2,1-2H3/b8-6+. The molecule has 0 aliphatic heterocycles. The summed E-state index contributed by atoms with van der Waals surface area (Å²) >= 11 is 11.8. The number of hydrogen-bond donors (Lipinski definition) is 0. The zero-order chi connectivity index (χ0) is 12.7. The van der Waals surface area contributed by atoms with Crippen molar-refractivity contribution in [3.63, 3.8) is 0 Å². The molecule has 0 aromatic heterocycles. The lowest BCUT2D eigenvalue weighted by molar-refractivity contribution is -0.103. The molecule has 0 saturated heterocycles. The fourth-order valence-corrected chi connectivity index (χ4v) is 1.60. The van der Waals surface area contributed by atoms with Crippen LogP contribution in [-0.4, -0.2) is 19.5 Å². The second kappa shape index (κ2) is 7.72. The van der Waals surface area contributed by atoms with Gasteiger partial charge >= 0.3 is 0 Å². The first-order valence-electron chi connectivity index (χ1n) is 5.53. The maximum atomic E-state index is 5.92. The molecule has 1 rings (SSSR count). The van der Waals surface area contributed by atoms with Crippen LogP contribution >= 0.6 is 23.2 Å². The van der Waals surface area contributed by atoms with Crippen molar-refractivity contribution in [3.8, 4) is 0 Å². The van der Waals surface area contributed by atoms with Crippen LogP contribution in [0.4, 0.5) is 0 Å². The van der Waals surface area contributed by atoms with E-state index in [-0.39, 0.29) is 6.29 Å². The molecule has 0 spiro atoms. The first-order valence-corrected chi connectivity index (χ1v) is 6.29. The van der Waals surface area contributed by atoms with Crippen LogP contribution in [-0.2, 0) is 9.47 Å². The minimum absolute atomic E-state index is 0.320. The van der Waals surface area contributed by atoms with Gasteiger partial charge in [-0.15, -0.1) is 0 Å². The van der Waals surface area contributed by atoms with Crippen molar-refractivity contribution in [2.45, 2.75) is 20.1 Å². The Kier molecular flexibility index (Phi) is 6.60. The molecule has 0 aliphatic rings. The molecule has 0 atom stereocenters. The molecule has 0 amide bonds. The van der Waals surface area contributed by atoms with Crippen LogP contribution in [0.15, 0.2) is 24.3 Å². The van der Waals surface area contributed by atoms with Gasteiger partial charge < -0.3 is 9.47 Å². The van der Waals surface area contributed by atoms with Crippen molar-refractivity contribution in [1.82, 2.24) is 0 Å². The highest BCUT2D eigenvalue weighted by Crippen LogP contribution is 2.23. The zero-order valence-corrected chi connectivity index (χ0v) is 11.5. The van der Waals surface area contributed by atoms with Gasteiger partial charge in [0.2, 0.25) is 0 Å². The minimum Gasteiger partial charge on any atom is -0.349 e. The molecule has 0 fully saturated rings. The number of halogens is 2. The first kappa shape index (κ1) is 14.5. The molecule has 1 aromatic carbocycles. The van der Waals surface area contributed by atoms with E-state index in [9.17, 15) is 0 Å². The Morgan fingerprint density at radius 2 is 1.76 bits per heavy atom. The fraction of sp³-hybridized carbons (Fsp3) is 0.385. The molecule has 2 nitrogen and oxygen atoms in total. The highest BCUT2D eigenvalue weighted by atomic mass is 35.5. The molecule has 0 bridgehead atoms. The Bertz CT molecular complexity index is 372. The Hall–Kier alpha value is -0.540. The first-order chi connectivity index (χ1) is 8.17. The van der Waals surface area contributed by atoms with Gasteiger partial charge in [-0.05, 0) is 37.6 Å². The van der Waals surface area contributed by atoms with Gasteiger partial charge in [0, 0.05) is 13.2 Å². The van der Waals surface area contributed by atoms with E-state index < -0.39 is 0 Å². The Balaban J connectivity index is 2.69. The van der Waals surface area contributed by atoms with Crippen molar-refractivity contribution < 1.29 is 9.47 Å². The SMILES string of the molecule is CCOC(/C=C/c1ccc(Cl)c(Cl)c1)OCC. The van der Waals surface area contributed by atoms with Crippen LogP contribution in [0.1, 0.15) is 19.4 Å². The normalized spacial score (nSPS) is 11.6. The highest BCUT2D eigenvalue weighted by Gasteiger charge is 2.02. The van der Waals surface area contributed by atoms with Crippen molar-refractivity contribution in [1.29, 1.82) is 0 Å². The Morgan fingerprint density at radius 3 is 2.29 bits per heavy atom. The molecule has 4 heteroatoms. The lowest BCUT2D eigenvalue weighted by Crippen LogP contribution is -2.13. The summed E-state index contributed by atoms with van der Waals surface area (Å²) in [6.45, 7) is 5.07. The third-order valence-corrected chi connectivity index (χ3v) is 2.79. The minimum atomic E-state index is -0.320. The summed E-state index contributed by atoms with van der Waals surface area (Å²) in [6, 6.07) is 5.45. The van der Waals surface area contributed by atoms with Gasteiger partial charge in [-0.2, -0.15) is 0 Å². The van der Waals surface area contributed by atoms with Crippen LogP contribution in [0.25, 0.3) is 6.08 Å². The van der Waals surface area contributed by atoms with Crippen LogP contribution in [0.2, 0.25) is 10.0 Å². The van der Waals surface area contributed by atoms with E-state index in [0.717, 1.165) is 5.56 Å². The predicted octanol–water partition coefficient (Wildman–Crippen LogP) is 4.41. The second-order valence-corrected chi connectivity index (χ2v) is 4.13. The molecule has 1 aromatic rings. The number of ether oxygens (including phenoxy) is 2. The topological polar surface area (TPSA) is 18.5 Å². The summed E-state index contributed by atoms with van der Waals surface area (Å²) in [4.78, 5) is 0. The van der Waals surface area contributed by atoms with E-state index in [2.05, 4.69) is 0 Å². The number of benzene rings is 1. The van der Waals surface area contributed by atoms with Crippen LogP contribution in [0.3, 0.4) is 0 Å². The average Bonchev–Trinajstić information content (AvgIpc) is 2.31. The second-order valence-electron chi connectivity index (χ2n) is 3.31. The number of rotatable bonds is 6. The monoisotopic (exact) mass is 274 g/mol. The van der Waals surface area contributed by atoms with Crippen molar-refractivity contribution in [3.05, 3.63) is 39.9 Å². The largest absolute Gasteiger partial charge is 0.349 e. The smallest absolute Gasteiger partial charge is 0.177 e. The molecule has 94 valence electrons. The van der Waals surface area contributed by atoms with E-state index in [1.165, 1.54) is 0 Å². The van der Waals surface area contributed by atoms with E-state index in [4.69, 9.17) is 32.7 Å². The third-order valence-electron chi connectivity index (χ3n) is 2.05. The lowest BCUT2D eigenvalue weighted by atomic mass is 10.2. The van der Waals surface area contributed by atoms with Crippen LogP contribution < -0.4 is 0 Å². The highest BCUT2D eigenvalue weighted by molar-refractivity contribution is 6.42.